The lowest BCUT2D eigenvalue weighted by atomic mass is 9.91. The predicted molar refractivity (Wildman–Crippen MR) is 82.0 cm³/mol. The van der Waals surface area contributed by atoms with Crippen molar-refractivity contribution < 1.29 is 9.59 Å². The molecule has 0 spiro atoms. The van der Waals surface area contributed by atoms with Gasteiger partial charge in [-0.1, -0.05) is 24.3 Å². The van der Waals surface area contributed by atoms with Crippen LogP contribution in [0.15, 0.2) is 54.9 Å². The summed E-state index contributed by atoms with van der Waals surface area (Å²) in [6.45, 7) is 1.50. The number of carbonyl (C=O) groups is 2. The van der Waals surface area contributed by atoms with Crippen molar-refractivity contribution in [3.05, 3.63) is 60.4 Å². The zero-order valence-electron chi connectivity index (χ0n) is 11.9. The molecule has 1 N–H and O–H groups in total. The minimum absolute atomic E-state index is 0.0557. The van der Waals surface area contributed by atoms with E-state index < -0.39 is 12.0 Å². The van der Waals surface area contributed by atoms with Gasteiger partial charge in [0.05, 0.1) is 6.04 Å². The monoisotopic (exact) mass is 282 g/mol. The maximum absolute atomic E-state index is 11.9. The predicted octanol–water partition coefficient (Wildman–Crippen LogP) is 2.51. The smallest absolute Gasteiger partial charge is 0.152 e. The lowest BCUT2D eigenvalue weighted by Crippen LogP contribution is -2.37. The van der Waals surface area contributed by atoms with Gasteiger partial charge in [-0.2, -0.15) is 0 Å². The molecule has 0 saturated carbocycles. The fraction of sp³-hybridized carbons (Fsp3) is 0.235. The Balaban J connectivity index is 2.15. The molecule has 0 aliphatic rings. The van der Waals surface area contributed by atoms with E-state index in [1.54, 1.807) is 12.4 Å². The number of para-hydroxylation sites is 1. The highest BCUT2D eigenvalue weighted by Gasteiger charge is 2.25. The number of aromatic nitrogens is 1. The number of benzene rings is 1. The maximum Gasteiger partial charge on any atom is 0.152 e. The quantitative estimate of drug-likeness (QED) is 0.793. The minimum atomic E-state index is -0.537. The molecule has 2 rings (SSSR count). The molecule has 2 atom stereocenters. The Labute approximate surface area is 124 Å². The van der Waals surface area contributed by atoms with Crippen LogP contribution in [0.25, 0.3) is 0 Å². The summed E-state index contributed by atoms with van der Waals surface area (Å²) in [6, 6.07) is 12.6. The van der Waals surface area contributed by atoms with E-state index in [1.807, 2.05) is 42.5 Å². The van der Waals surface area contributed by atoms with Crippen LogP contribution in [0.3, 0.4) is 0 Å². The second-order valence-corrected chi connectivity index (χ2v) is 4.96. The Morgan fingerprint density at radius 2 is 2.00 bits per heavy atom. The average molecular weight is 282 g/mol. The highest BCUT2D eigenvalue weighted by Crippen LogP contribution is 2.16. The number of ketones is 1. The Bertz CT molecular complexity index is 584. The zero-order valence-corrected chi connectivity index (χ0v) is 11.9. The molecule has 0 saturated heterocycles. The van der Waals surface area contributed by atoms with Gasteiger partial charge >= 0.3 is 0 Å². The molecule has 1 aromatic carbocycles. The van der Waals surface area contributed by atoms with Gasteiger partial charge in [0.1, 0.15) is 6.29 Å². The average Bonchev–Trinajstić information content (AvgIpc) is 2.52. The SMILES string of the molecule is CC(=O)C(Nc1ccccc1)C(C=O)Cc1cccnc1. The molecule has 4 heteroatoms. The molecule has 0 amide bonds. The Hall–Kier alpha value is -2.49. The minimum Gasteiger partial charge on any atom is -0.375 e. The van der Waals surface area contributed by atoms with Gasteiger partial charge in [0.2, 0.25) is 0 Å². The molecule has 108 valence electrons. The molecule has 1 heterocycles. The van der Waals surface area contributed by atoms with Crippen LogP contribution in [-0.4, -0.2) is 23.1 Å². The van der Waals surface area contributed by atoms with Gasteiger partial charge in [0.15, 0.2) is 5.78 Å². The van der Waals surface area contributed by atoms with Crippen molar-refractivity contribution >= 4 is 17.8 Å². The van der Waals surface area contributed by atoms with Crippen molar-refractivity contribution in [1.29, 1.82) is 0 Å². The van der Waals surface area contributed by atoms with Crippen LogP contribution in [0.5, 0.6) is 0 Å². The molecular weight excluding hydrogens is 264 g/mol. The van der Waals surface area contributed by atoms with Gasteiger partial charge in [0, 0.05) is 24.0 Å². The van der Waals surface area contributed by atoms with Crippen LogP contribution in [0.4, 0.5) is 5.69 Å². The topological polar surface area (TPSA) is 59.1 Å². The van der Waals surface area contributed by atoms with Crippen LogP contribution in [-0.2, 0) is 16.0 Å². The summed E-state index contributed by atoms with van der Waals surface area (Å²) >= 11 is 0. The van der Waals surface area contributed by atoms with E-state index >= 15 is 0 Å². The van der Waals surface area contributed by atoms with Gasteiger partial charge in [-0.05, 0) is 37.1 Å². The fourth-order valence-corrected chi connectivity index (χ4v) is 2.26. The van der Waals surface area contributed by atoms with Crippen LogP contribution < -0.4 is 5.32 Å². The third-order valence-corrected chi connectivity index (χ3v) is 3.33. The maximum atomic E-state index is 11.9. The van der Waals surface area contributed by atoms with Crippen molar-refractivity contribution in [2.75, 3.05) is 5.32 Å². The number of carbonyl (C=O) groups excluding carboxylic acids is 2. The van der Waals surface area contributed by atoms with E-state index in [1.165, 1.54) is 6.92 Å². The van der Waals surface area contributed by atoms with Crippen LogP contribution in [0, 0.1) is 5.92 Å². The summed E-state index contributed by atoms with van der Waals surface area (Å²) in [5.41, 5.74) is 1.77. The number of nitrogens with one attached hydrogen (secondary N) is 1. The molecule has 0 bridgehead atoms. The van der Waals surface area contributed by atoms with Gasteiger partial charge in [-0.25, -0.2) is 0 Å². The first kappa shape index (κ1) is 14.9. The Kier molecular flexibility index (Phi) is 5.21. The Morgan fingerprint density at radius 3 is 2.57 bits per heavy atom. The number of Topliss-reactive ketones (excluding diaryl/α,β-unsaturated/α-hetero) is 1. The zero-order chi connectivity index (χ0) is 15.1. The third-order valence-electron chi connectivity index (χ3n) is 3.33. The lowest BCUT2D eigenvalue weighted by molar-refractivity contribution is -0.122. The van der Waals surface area contributed by atoms with Crippen molar-refractivity contribution in [2.24, 2.45) is 5.92 Å². The van der Waals surface area contributed by atoms with Gasteiger partial charge in [-0.15, -0.1) is 0 Å². The van der Waals surface area contributed by atoms with Gasteiger partial charge in [-0.3, -0.25) is 9.78 Å². The number of rotatable bonds is 7. The standard InChI is InChI=1S/C17H18N2O2/c1-13(21)17(19-16-7-3-2-4-8-16)15(12-20)10-14-6-5-9-18-11-14/h2-9,11-12,15,17,19H,10H2,1H3. The molecule has 1 aromatic heterocycles. The second kappa shape index (κ2) is 7.33. The first-order chi connectivity index (χ1) is 10.2. The highest BCUT2D eigenvalue weighted by atomic mass is 16.1. The molecule has 2 aromatic rings. The number of hydrogen-bond donors (Lipinski definition) is 1. The third kappa shape index (κ3) is 4.24. The molecule has 4 nitrogen and oxygen atoms in total. The molecule has 2 unspecified atom stereocenters. The molecule has 0 fully saturated rings. The van der Waals surface area contributed by atoms with Crippen molar-refractivity contribution in [3.8, 4) is 0 Å². The van der Waals surface area contributed by atoms with Gasteiger partial charge < -0.3 is 10.1 Å². The van der Waals surface area contributed by atoms with Crippen molar-refractivity contribution in [3.63, 3.8) is 0 Å². The molecule has 21 heavy (non-hydrogen) atoms. The van der Waals surface area contributed by atoms with Crippen molar-refractivity contribution in [2.45, 2.75) is 19.4 Å². The first-order valence-corrected chi connectivity index (χ1v) is 6.87. The Morgan fingerprint density at radius 1 is 1.24 bits per heavy atom. The lowest BCUT2D eigenvalue weighted by Gasteiger charge is -2.23. The number of hydrogen-bond acceptors (Lipinski definition) is 4. The van der Waals surface area contributed by atoms with E-state index in [-0.39, 0.29) is 5.78 Å². The highest BCUT2D eigenvalue weighted by molar-refractivity contribution is 5.87. The summed E-state index contributed by atoms with van der Waals surface area (Å²) in [6.07, 6.45) is 4.73. The number of pyridine rings is 1. The first-order valence-electron chi connectivity index (χ1n) is 6.87. The van der Waals surface area contributed by atoms with E-state index in [0.29, 0.717) is 6.42 Å². The van der Waals surface area contributed by atoms with Crippen LogP contribution in [0.2, 0.25) is 0 Å². The van der Waals surface area contributed by atoms with Crippen LogP contribution >= 0.6 is 0 Å². The molecule has 0 aliphatic carbocycles. The molecule has 0 aliphatic heterocycles. The number of anilines is 1. The van der Waals surface area contributed by atoms with E-state index in [2.05, 4.69) is 10.3 Å². The molecule has 0 radical (unpaired) electrons. The van der Waals surface area contributed by atoms with Crippen LogP contribution in [0.1, 0.15) is 12.5 Å². The number of nitrogens with zero attached hydrogens (tertiary/aromatic N) is 1. The van der Waals surface area contributed by atoms with E-state index in [0.717, 1.165) is 17.5 Å². The summed E-state index contributed by atoms with van der Waals surface area (Å²) in [5, 5.41) is 3.15. The summed E-state index contributed by atoms with van der Waals surface area (Å²) in [4.78, 5) is 27.4. The largest absolute Gasteiger partial charge is 0.375 e. The van der Waals surface area contributed by atoms with Gasteiger partial charge in [0.25, 0.3) is 0 Å². The summed E-state index contributed by atoms with van der Waals surface area (Å²) in [5.74, 6) is -0.480. The fourth-order valence-electron chi connectivity index (χ4n) is 2.26. The van der Waals surface area contributed by atoms with E-state index in [4.69, 9.17) is 0 Å². The summed E-state index contributed by atoms with van der Waals surface area (Å²) in [7, 11) is 0. The second-order valence-electron chi connectivity index (χ2n) is 4.96. The molecular formula is C17H18N2O2. The van der Waals surface area contributed by atoms with E-state index in [9.17, 15) is 9.59 Å². The number of aldehydes is 1. The normalized spacial score (nSPS) is 13.2. The van der Waals surface area contributed by atoms with Crippen molar-refractivity contribution in [1.82, 2.24) is 4.98 Å². The summed E-state index contributed by atoms with van der Waals surface area (Å²) < 4.78 is 0.